The molecule has 0 unspecified atom stereocenters. The molecule has 1 rings (SSSR count). The van der Waals surface area contributed by atoms with Gasteiger partial charge in [-0.3, -0.25) is 0 Å². The van der Waals surface area contributed by atoms with Gasteiger partial charge in [0.25, 0.3) is 0 Å². The molecule has 0 aromatic carbocycles. The Bertz CT molecular complexity index is 126. The van der Waals surface area contributed by atoms with E-state index in [9.17, 15) is 0 Å². The lowest BCUT2D eigenvalue weighted by Crippen LogP contribution is -2.10. The van der Waals surface area contributed by atoms with E-state index < -0.39 is 0 Å². The molecule has 0 aromatic rings. The summed E-state index contributed by atoms with van der Waals surface area (Å²) in [5, 5.41) is 8.56. The highest BCUT2D eigenvalue weighted by Gasteiger charge is 2.19. The van der Waals surface area contributed by atoms with Crippen molar-refractivity contribution in [3.05, 3.63) is 5.92 Å². The van der Waals surface area contributed by atoms with Crippen molar-refractivity contribution in [2.75, 3.05) is 0 Å². The lowest BCUT2D eigenvalue weighted by atomic mass is 9.82. The largest absolute Gasteiger partial charge is 0.198 e. The zero-order chi connectivity index (χ0) is 7.40. The molecule has 0 N–H and O–H groups in total. The number of rotatable bonds is 1. The molecule has 1 nitrogen and oxygen atoms in total. The minimum Gasteiger partial charge on any atom is -0.198 e. The molecule has 0 bridgehead atoms. The first-order chi connectivity index (χ1) is 4.86. The topological polar surface area (TPSA) is 23.8 Å². The van der Waals surface area contributed by atoms with Gasteiger partial charge in [0.2, 0.25) is 0 Å². The van der Waals surface area contributed by atoms with E-state index in [1.807, 2.05) is 0 Å². The first-order valence-corrected chi connectivity index (χ1v) is 4.11. The Morgan fingerprint density at radius 2 is 2.10 bits per heavy atom. The van der Waals surface area contributed by atoms with Crippen molar-refractivity contribution >= 4 is 0 Å². The standard InChI is InChI=1S/C9H14N/c1-2-8-3-5-9(7-10)6-4-8/h8H,2-6H2,1H3. The molecule has 10 heavy (non-hydrogen) atoms. The molecule has 1 aliphatic carbocycles. The third-order valence-corrected chi connectivity index (χ3v) is 2.44. The van der Waals surface area contributed by atoms with E-state index >= 15 is 0 Å². The average molecular weight is 136 g/mol. The predicted molar refractivity (Wildman–Crippen MR) is 41.1 cm³/mol. The molecule has 0 saturated heterocycles. The fourth-order valence-corrected chi connectivity index (χ4v) is 1.55. The molecule has 0 aromatic heterocycles. The average Bonchev–Trinajstić information content (AvgIpc) is 2.05. The van der Waals surface area contributed by atoms with Crippen molar-refractivity contribution in [2.24, 2.45) is 5.92 Å². The maximum absolute atomic E-state index is 8.56. The van der Waals surface area contributed by atoms with E-state index in [1.165, 1.54) is 19.3 Å². The molecule has 55 valence electrons. The number of nitriles is 1. The van der Waals surface area contributed by atoms with E-state index in [-0.39, 0.29) is 0 Å². The van der Waals surface area contributed by atoms with Crippen LogP contribution in [0, 0.1) is 23.2 Å². The van der Waals surface area contributed by atoms with Gasteiger partial charge in [0.1, 0.15) is 0 Å². The number of hydrogen-bond acceptors (Lipinski definition) is 1. The Labute approximate surface area is 63.0 Å². The van der Waals surface area contributed by atoms with Crippen LogP contribution >= 0.6 is 0 Å². The fraction of sp³-hybridized carbons (Fsp3) is 0.778. The van der Waals surface area contributed by atoms with Gasteiger partial charge in [0.15, 0.2) is 0 Å². The smallest absolute Gasteiger partial charge is 0.0760 e. The SMILES string of the molecule is CCC1CC[C](C#N)CC1. The Morgan fingerprint density at radius 1 is 1.50 bits per heavy atom. The van der Waals surface area contributed by atoms with Gasteiger partial charge in [-0.25, -0.2) is 0 Å². The van der Waals surface area contributed by atoms with Crippen LogP contribution in [0.3, 0.4) is 0 Å². The van der Waals surface area contributed by atoms with Crippen LogP contribution in [-0.4, -0.2) is 0 Å². The summed E-state index contributed by atoms with van der Waals surface area (Å²) in [5.74, 6) is 2.02. The van der Waals surface area contributed by atoms with Crippen molar-refractivity contribution in [3.63, 3.8) is 0 Å². The molecule has 1 radical (unpaired) electrons. The monoisotopic (exact) mass is 136 g/mol. The Hall–Kier alpha value is -0.510. The normalized spacial score (nSPS) is 22.4. The summed E-state index contributed by atoms with van der Waals surface area (Å²) in [6, 6.07) is 2.27. The summed E-state index contributed by atoms with van der Waals surface area (Å²) in [6.45, 7) is 2.24. The van der Waals surface area contributed by atoms with Gasteiger partial charge in [0.05, 0.1) is 12.0 Å². The van der Waals surface area contributed by atoms with E-state index in [2.05, 4.69) is 13.0 Å². The predicted octanol–water partition coefficient (Wildman–Crippen LogP) is 2.68. The van der Waals surface area contributed by atoms with Gasteiger partial charge in [-0.1, -0.05) is 13.3 Å². The number of hydrogen-bond donors (Lipinski definition) is 0. The Kier molecular flexibility index (Phi) is 2.74. The quantitative estimate of drug-likeness (QED) is 0.543. The highest BCUT2D eigenvalue weighted by Crippen LogP contribution is 2.30. The lowest BCUT2D eigenvalue weighted by molar-refractivity contribution is 0.380. The Morgan fingerprint density at radius 3 is 2.50 bits per heavy atom. The van der Waals surface area contributed by atoms with Gasteiger partial charge in [0, 0.05) is 0 Å². The zero-order valence-electron chi connectivity index (χ0n) is 6.56. The van der Waals surface area contributed by atoms with Crippen LogP contribution in [0.2, 0.25) is 0 Å². The highest BCUT2D eigenvalue weighted by atomic mass is 14.3. The third kappa shape index (κ3) is 1.73. The van der Waals surface area contributed by atoms with Gasteiger partial charge in [-0.05, 0) is 31.6 Å². The van der Waals surface area contributed by atoms with Gasteiger partial charge in [-0.2, -0.15) is 5.26 Å². The second-order valence-corrected chi connectivity index (χ2v) is 3.07. The zero-order valence-corrected chi connectivity index (χ0v) is 6.56. The van der Waals surface area contributed by atoms with Crippen LogP contribution in [-0.2, 0) is 0 Å². The van der Waals surface area contributed by atoms with Crippen LogP contribution in [0.5, 0.6) is 0 Å². The molecule has 0 heterocycles. The maximum atomic E-state index is 8.56. The van der Waals surface area contributed by atoms with Gasteiger partial charge in [-0.15, -0.1) is 0 Å². The summed E-state index contributed by atoms with van der Waals surface area (Å²) in [6.07, 6.45) is 5.92. The minimum absolute atomic E-state index is 0.900. The second-order valence-electron chi connectivity index (χ2n) is 3.07. The van der Waals surface area contributed by atoms with Crippen molar-refractivity contribution in [2.45, 2.75) is 39.0 Å². The van der Waals surface area contributed by atoms with Crippen molar-refractivity contribution in [3.8, 4) is 6.07 Å². The molecule has 1 heteroatoms. The van der Waals surface area contributed by atoms with E-state index in [0.29, 0.717) is 0 Å². The summed E-state index contributed by atoms with van der Waals surface area (Å²) in [7, 11) is 0. The molecule has 1 fully saturated rings. The van der Waals surface area contributed by atoms with Crippen LogP contribution in [0.1, 0.15) is 39.0 Å². The fourth-order valence-electron chi connectivity index (χ4n) is 1.55. The minimum atomic E-state index is 0.900. The molecule has 0 atom stereocenters. The van der Waals surface area contributed by atoms with E-state index in [4.69, 9.17) is 5.26 Å². The van der Waals surface area contributed by atoms with E-state index in [1.54, 1.807) is 0 Å². The highest BCUT2D eigenvalue weighted by molar-refractivity contribution is 5.12. The first-order valence-electron chi connectivity index (χ1n) is 4.11. The summed E-state index contributed by atoms with van der Waals surface area (Å²) >= 11 is 0. The van der Waals surface area contributed by atoms with Gasteiger partial charge < -0.3 is 0 Å². The van der Waals surface area contributed by atoms with Gasteiger partial charge >= 0.3 is 0 Å². The van der Waals surface area contributed by atoms with Crippen molar-refractivity contribution in [1.29, 1.82) is 5.26 Å². The summed E-state index contributed by atoms with van der Waals surface area (Å²) < 4.78 is 0. The molecule has 1 saturated carbocycles. The first kappa shape index (κ1) is 7.60. The summed E-state index contributed by atoms with van der Waals surface area (Å²) in [4.78, 5) is 0. The van der Waals surface area contributed by atoms with Crippen LogP contribution in [0.4, 0.5) is 0 Å². The summed E-state index contributed by atoms with van der Waals surface area (Å²) in [5.41, 5.74) is 0. The van der Waals surface area contributed by atoms with Crippen LogP contribution < -0.4 is 0 Å². The molecular weight excluding hydrogens is 122 g/mol. The number of nitrogens with zero attached hydrogens (tertiary/aromatic N) is 1. The molecule has 0 spiro atoms. The van der Waals surface area contributed by atoms with Crippen molar-refractivity contribution < 1.29 is 0 Å². The third-order valence-electron chi connectivity index (χ3n) is 2.44. The molecule has 0 aliphatic heterocycles. The lowest BCUT2D eigenvalue weighted by Gasteiger charge is -2.22. The second kappa shape index (κ2) is 3.61. The van der Waals surface area contributed by atoms with Crippen LogP contribution in [0.15, 0.2) is 0 Å². The Balaban J connectivity index is 2.25. The molecule has 0 amide bonds. The molecular formula is C9H14N. The molecule has 1 aliphatic rings. The maximum Gasteiger partial charge on any atom is 0.0760 e. The van der Waals surface area contributed by atoms with E-state index in [0.717, 1.165) is 24.7 Å². The van der Waals surface area contributed by atoms with Crippen LogP contribution in [0.25, 0.3) is 0 Å². The van der Waals surface area contributed by atoms with Crippen molar-refractivity contribution in [1.82, 2.24) is 0 Å².